The summed E-state index contributed by atoms with van der Waals surface area (Å²) in [4.78, 5) is 22.7. The molecule has 5 heteroatoms. The summed E-state index contributed by atoms with van der Waals surface area (Å²) in [6.07, 6.45) is 0.400. The maximum Gasteiger partial charge on any atom is 0.290 e. The van der Waals surface area contributed by atoms with Crippen molar-refractivity contribution < 1.29 is 14.1 Å². The number of hydrogen-bond donors (Lipinski definition) is 1. The lowest BCUT2D eigenvalue weighted by Crippen LogP contribution is -2.38. The first-order valence-corrected chi connectivity index (χ1v) is 4.81. The van der Waals surface area contributed by atoms with Crippen LogP contribution in [0.4, 0.5) is 0 Å². The number of ketones is 1. The summed E-state index contributed by atoms with van der Waals surface area (Å²) >= 11 is 0. The molecule has 0 spiro atoms. The number of hydrogen-bond acceptors (Lipinski definition) is 4. The highest BCUT2D eigenvalue weighted by atomic mass is 16.5. The van der Waals surface area contributed by atoms with Crippen molar-refractivity contribution in [2.24, 2.45) is 0 Å². The molecule has 82 valence electrons. The molecule has 0 aliphatic rings. The average molecular weight is 210 g/mol. The summed E-state index contributed by atoms with van der Waals surface area (Å²) in [6.45, 7) is 5.12. The van der Waals surface area contributed by atoms with E-state index in [1.807, 2.05) is 0 Å². The fourth-order valence-corrected chi connectivity index (χ4v) is 1.13. The number of nitrogens with zero attached hydrogens (tertiary/aromatic N) is 1. The first-order chi connectivity index (χ1) is 7.04. The Hall–Kier alpha value is -1.65. The summed E-state index contributed by atoms with van der Waals surface area (Å²) in [7, 11) is 0. The highest BCUT2D eigenvalue weighted by molar-refractivity contribution is 5.95. The minimum Gasteiger partial charge on any atom is -0.351 e. The molecule has 0 bridgehead atoms. The van der Waals surface area contributed by atoms with Gasteiger partial charge in [-0.15, -0.1) is 0 Å². The van der Waals surface area contributed by atoms with Gasteiger partial charge in [-0.05, 0) is 13.8 Å². The molecule has 0 saturated carbocycles. The van der Waals surface area contributed by atoms with Crippen molar-refractivity contribution >= 4 is 11.7 Å². The average Bonchev–Trinajstić information content (AvgIpc) is 2.63. The number of rotatable bonds is 4. The molecule has 1 heterocycles. The lowest BCUT2D eigenvalue weighted by molar-refractivity contribution is -0.120. The zero-order chi connectivity index (χ0) is 11.4. The number of aromatic nitrogens is 1. The van der Waals surface area contributed by atoms with E-state index in [0.717, 1.165) is 0 Å². The number of Topliss-reactive ketones (excluding diaryl/α,β-unsaturated/α-hetero) is 1. The highest BCUT2D eigenvalue weighted by Crippen LogP contribution is 2.02. The molecular formula is C10H14N2O3. The van der Waals surface area contributed by atoms with E-state index in [0.29, 0.717) is 12.1 Å². The van der Waals surface area contributed by atoms with E-state index in [-0.39, 0.29) is 11.5 Å². The molecule has 15 heavy (non-hydrogen) atoms. The summed E-state index contributed by atoms with van der Waals surface area (Å²) in [5.41, 5.74) is 0.634. The third-order valence-electron chi connectivity index (χ3n) is 2.03. The number of carbonyl (C=O) groups excluding carboxylic acids is 2. The Balaban J connectivity index is 2.60. The van der Waals surface area contributed by atoms with E-state index in [1.165, 1.54) is 6.07 Å². The molecule has 1 aromatic heterocycles. The van der Waals surface area contributed by atoms with Crippen LogP contribution in [0.15, 0.2) is 10.6 Å². The van der Waals surface area contributed by atoms with Crippen LogP contribution in [0.3, 0.4) is 0 Å². The van der Waals surface area contributed by atoms with Gasteiger partial charge in [-0.3, -0.25) is 9.59 Å². The van der Waals surface area contributed by atoms with Gasteiger partial charge in [0.15, 0.2) is 5.78 Å². The van der Waals surface area contributed by atoms with Crippen LogP contribution >= 0.6 is 0 Å². The number of aryl methyl sites for hydroxylation is 1. The predicted octanol–water partition coefficient (Wildman–Crippen LogP) is 1.08. The van der Waals surface area contributed by atoms with Gasteiger partial charge in [-0.1, -0.05) is 12.1 Å². The van der Waals surface area contributed by atoms with Crippen molar-refractivity contribution in [1.29, 1.82) is 0 Å². The molecule has 1 N–H and O–H groups in total. The molecule has 1 rings (SSSR count). The van der Waals surface area contributed by atoms with Gasteiger partial charge in [0.05, 0.1) is 11.7 Å². The second-order valence-electron chi connectivity index (χ2n) is 3.35. The Labute approximate surface area is 87.8 Å². The van der Waals surface area contributed by atoms with E-state index in [4.69, 9.17) is 4.52 Å². The maximum absolute atomic E-state index is 11.5. The molecule has 0 aliphatic carbocycles. The van der Waals surface area contributed by atoms with Gasteiger partial charge in [0.2, 0.25) is 5.76 Å². The van der Waals surface area contributed by atoms with Crippen LogP contribution in [0.2, 0.25) is 0 Å². The van der Waals surface area contributed by atoms with E-state index < -0.39 is 11.9 Å². The molecule has 1 amide bonds. The quantitative estimate of drug-likeness (QED) is 0.807. The van der Waals surface area contributed by atoms with Crippen molar-refractivity contribution in [2.45, 2.75) is 33.2 Å². The fraction of sp³-hybridized carbons (Fsp3) is 0.500. The van der Waals surface area contributed by atoms with Gasteiger partial charge in [0.1, 0.15) is 0 Å². The first kappa shape index (κ1) is 11.4. The Morgan fingerprint density at radius 3 is 2.73 bits per heavy atom. The van der Waals surface area contributed by atoms with Gasteiger partial charge in [-0.2, -0.15) is 0 Å². The van der Waals surface area contributed by atoms with Crippen LogP contribution in [0.1, 0.15) is 36.5 Å². The van der Waals surface area contributed by atoms with Crippen molar-refractivity contribution in [2.75, 3.05) is 0 Å². The SMILES string of the molecule is CCC(=O)C(C)NC(=O)c1cc(C)no1. The normalized spacial score (nSPS) is 12.2. The monoisotopic (exact) mass is 210 g/mol. The Bertz CT molecular complexity index is 370. The zero-order valence-electron chi connectivity index (χ0n) is 9.03. The van der Waals surface area contributed by atoms with Crippen LogP contribution < -0.4 is 5.32 Å². The molecule has 5 nitrogen and oxygen atoms in total. The van der Waals surface area contributed by atoms with Gasteiger partial charge < -0.3 is 9.84 Å². The molecule has 0 saturated heterocycles. The molecule has 1 atom stereocenters. The number of amides is 1. The number of nitrogens with one attached hydrogen (secondary N) is 1. The van der Waals surface area contributed by atoms with E-state index in [1.54, 1.807) is 20.8 Å². The van der Waals surface area contributed by atoms with Crippen LogP contribution in [0.25, 0.3) is 0 Å². The van der Waals surface area contributed by atoms with Crippen molar-refractivity contribution in [1.82, 2.24) is 10.5 Å². The molecule has 0 aromatic carbocycles. The molecule has 0 aliphatic heterocycles. The summed E-state index contributed by atoms with van der Waals surface area (Å²) < 4.78 is 4.77. The largest absolute Gasteiger partial charge is 0.351 e. The molecule has 1 aromatic rings. The third-order valence-corrected chi connectivity index (χ3v) is 2.03. The minimum absolute atomic E-state index is 0.0143. The lowest BCUT2D eigenvalue weighted by Gasteiger charge is -2.09. The zero-order valence-corrected chi connectivity index (χ0v) is 9.03. The van der Waals surface area contributed by atoms with Crippen LogP contribution in [0, 0.1) is 6.92 Å². The van der Waals surface area contributed by atoms with Crippen LogP contribution in [0.5, 0.6) is 0 Å². The fourth-order valence-electron chi connectivity index (χ4n) is 1.13. The third kappa shape index (κ3) is 2.90. The summed E-state index contributed by atoms with van der Waals surface area (Å²) in [5.74, 6) is -0.298. The predicted molar refractivity (Wildman–Crippen MR) is 53.5 cm³/mol. The van der Waals surface area contributed by atoms with Crippen LogP contribution in [-0.2, 0) is 4.79 Å². The highest BCUT2D eigenvalue weighted by Gasteiger charge is 2.17. The Morgan fingerprint density at radius 1 is 1.60 bits per heavy atom. The van der Waals surface area contributed by atoms with Gasteiger partial charge in [-0.25, -0.2) is 0 Å². The first-order valence-electron chi connectivity index (χ1n) is 4.81. The topological polar surface area (TPSA) is 72.2 Å². The Kier molecular flexibility index (Phi) is 3.60. The van der Waals surface area contributed by atoms with Crippen molar-refractivity contribution in [3.05, 3.63) is 17.5 Å². The standard InChI is InChI=1S/C10H14N2O3/c1-4-8(13)7(3)11-10(14)9-5-6(2)12-15-9/h5,7H,4H2,1-3H3,(H,11,14). The van der Waals surface area contributed by atoms with Gasteiger partial charge in [0.25, 0.3) is 5.91 Å². The molecule has 0 fully saturated rings. The summed E-state index contributed by atoms with van der Waals surface area (Å²) in [6, 6.07) is 1.03. The molecular weight excluding hydrogens is 196 g/mol. The van der Waals surface area contributed by atoms with E-state index in [9.17, 15) is 9.59 Å². The van der Waals surface area contributed by atoms with Crippen LogP contribution in [-0.4, -0.2) is 22.9 Å². The van der Waals surface area contributed by atoms with E-state index >= 15 is 0 Å². The van der Waals surface area contributed by atoms with Crippen molar-refractivity contribution in [3.63, 3.8) is 0 Å². The minimum atomic E-state index is -0.493. The second-order valence-corrected chi connectivity index (χ2v) is 3.35. The van der Waals surface area contributed by atoms with Crippen molar-refractivity contribution in [3.8, 4) is 0 Å². The maximum atomic E-state index is 11.5. The summed E-state index contributed by atoms with van der Waals surface area (Å²) in [5, 5.41) is 6.13. The van der Waals surface area contributed by atoms with Gasteiger partial charge in [0, 0.05) is 12.5 Å². The number of carbonyl (C=O) groups is 2. The molecule has 1 unspecified atom stereocenters. The Morgan fingerprint density at radius 2 is 2.27 bits per heavy atom. The lowest BCUT2D eigenvalue weighted by atomic mass is 10.1. The molecule has 0 radical (unpaired) electrons. The second kappa shape index (κ2) is 4.72. The van der Waals surface area contributed by atoms with E-state index in [2.05, 4.69) is 10.5 Å². The van der Waals surface area contributed by atoms with Gasteiger partial charge >= 0.3 is 0 Å². The smallest absolute Gasteiger partial charge is 0.290 e.